The molecule has 0 bridgehead atoms. The van der Waals surface area contributed by atoms with E-state index in [9.17, 15) is 14.4 Å². The fraction of sp³-hybridized carbons (Fsp3) is 0.656. The number of esters is 3. The van der Waals surface area contributed by atoms with E-state index in [-0.39, 0.29) is 37.5 Å². The maximum Gasteiger partial charge on any atom is 0.306 e. The van der Waals surface area contributed by atoms with Crippen LogP contribution in [-0.4, -0.2) is 37.2 Å². The zero-order chi connectivity index (χ0) is 48.6. The summed E-state index contributed by atoms with van der Waals surface area (Å²) >= 11 is 0. The molecule has 0 fully saturated rings. The molecule has 0 saturated carbocycles. The van der Waals surface area contributed by atoms with Gasteiger partial charge in [0.05, 0.1) is 0 Å². The maximum absolute atomic E-state index is 12.8. The third-order valence-electron chi connectivity index (χ3n) is 11.2. The first-order valence-corrected chi connectivity index (χ1v) is 27.4. The van der Waals surface area contributed by atoms with E-state index in [0.29, 0.717) is 19.3 Å². The quantitative estimate of drug-likeness (QED) is 0.0262. The van der Waals surface area contributed by atoms with Crippen LogP contribution in [0.2, 0.25) is 0 Å². The van der Waals surface area contributed by atoms with Crippen LogP contribution < -0.4 is 0 Å². The molecule has 0 heterocycles. The Morgan fingerprint density at radius 2 is 0.552 bits per heavy atom. The summed E-state index contributed by atoms with van der Waals surface area (Å²) in [5, 5.41) is 0. The van der Waals surface area contributed by atoms with E-state index in [1.807, 2.05) is 0 Å². The Bertz CT molecular complexity index is 1390. The second-order valence-electron chi connectivity index (χ2n) is 17.8. The van der Waals surface area contributed by atoms with Gasteiger partial charge in [0.25, 0.3) is 0 Å². The van der Waals surface area contributed by atoms with Crippen LogP contribution in [0.1, 0.15) is 239 Å². The average Bonchev–Trinajstić information content (AvgIpc) is 3.33. The lowest BCUT2D eigenvalue weighted by Crippen LogP contribution is -2.30. The number of allylic oxidation sites excluding steroid dienone is 18. The molecule has 0 spiro atoms. The van der Waals surface area contributed by atoms with Crippen LogP contribution >= 0.6 is 0 Å². The molecule has 0 unspecified atom stereocenters. The summed E-state index contributed by atoms with van der Waals surface area (Å²) in [7, 11) is 0. The van der Waals surface area contributed by atoms with Crippen molar-refractivity contribution in [2.45, 2.75) is 245 Å². The zero-order valence-electron chi connectivity index (χ0n) is 43.4. The van der Waals surface area contributed by atoms with Crippen molar-refractivity contribution in [2.24, 2.45) is 0 Å². The van der Waals surface area contributed by atoms with E-state index in [1.54, 1.807) is 0 Å². The smallest absolute Gasteiger partial charge is 0.306 e. The number of ether oxygens (including phenoxy) is 3. The maximum atomic E-state index is 12.8. The third kappa shape index (κ3) is 52.9. The van der Waals surface area contributed by atoms with Gasteiger partial charge in [-0.15, -0.1) is 0 Å². The first kappa shape index (κ1) is 63.1. The van der Waals surface area contributed by atoms with Crippen LogP contribution in [0.25, 0.3) is 0 Å². The molecule has 0 aromatic carbocycles. The highest BCUT2D eigenvalue weighted by atomic mass is 16.6. The summed E-state index contributed by atoms with van der Waals surface area (Å²) in [6, 6.07) is 0. The number of unbranched alkanes of at least 4 members (excludes halogenated alkanes) is 19. The average molecular weight is 929 g/mol. The second-order valence-corrected chi connectivity index (χ2v) is 17.8. The van der Waals surface area contributed by atoms with E-state index >= 15 is 0 Å². The SMILES string of the molecule is CCCCC/C=C\C/C=C\C/C=C\C/C=C\CCCC(=O)OC[C@H](COC(=O)CCCCCC/C=C\C/C=C\C/C=C\CCCCC)OC(=O)CCCCCCC/C=C\C/C=C\CCCCC. The Hall–Kier alpha value is -3.93. The monoisotopic (exact) mass is 929 g/mol. The van der Waals surface area contributed by atoms with Crippen molar-refractivity contribution in [3.05, 3.63) is 109 Å². The number of rotatable bonds is 48. The molecule has 0 aliphatic heterocycles. The molecule has 67 heavy (non-hydrogen) atoms. The van der Waals surface area contributed by atoms with Gasteiger partial charge in [-0.2, -0.15) is 0 Å². The van der Waals surface area contributed by atoms with Gasteiger partial charge in [0.15, 0.2) is 6.10 Å². The fourth-order valence-corrected chi connectivity index (χ4v) is 7.06. The van der Waals surface area contributed by atoms with Crippen molar-refractivity contribution in [3.8, 4) is 0 Å². The minimum absolute atomic E-state index is 0.114. The van der Waals surface area contributed by atoms with Gasteiger partial charge in [-0.05, 0) is 128 Å². The summed E-state index contributed by atoms with van der Waals surface area (Å²) in [6.45, 7) is 6.47. The number of hydrogen-bond donors (Lipinski definition) is 0. The standard InChI is InChI=1S/C61H100O6/c1-4-7-10-13-16-19-22-25-28-30-33-35-38-41-44-47-50-53-59(62)65-56-58(67-61(64)55-52-49-46-43-40-37-32-27-24-21-18-15-12-9-6-3)57-66-60(63)54-51-48-45-42-39-36-34-31-29-26-23-20-17-14-11-8-5-2/h16-21,25-29,32-36,41,44,58H,4-15,22-24,30-31,37-40,42-43,45-57H2,1-3H3/b19-16-,20-17-,21-18-,28-25-,29-26-,32-27-,35-33-,36-34-,44-41-/t58-/m1/s1. The summed E-state index contributed by atoms with van der Waals surface area (Å²) in [4.78, 5) is 38.1. The highest BCUT2D eigenvalue weighted by molar-refractivity contribution is 5.71. The van der Waals surface area contributed by atoms with Gasteiger partial charge in [-0.25, -0.2) is 0 Å². The lowest BCUT2D eigenvalue weighted by Gasteiger charge is -2.18. The molecule has 0 amide bonds. The minimum atomic E-state index is -0.819. The van der Waals surface area contributed by atoms with Crippen LogP contribution in [0.4, 0.5) is 0 Å². The topological polar surface area (TPSA) is 78.9 Å². The molecule has 6 nitrogen and oxygen atoms in total. The van der Waals surface area contributed by atoms with Crippen LogP contribution in [0.15, 0.2) is 109 Å². The molecule has 1 atom stereocenters. The van der Waals surface area contributed by atoms with Gasteiger partial charge in [-0.1, -0.05) is 201 Å². The lowest BCUT2D eigenvalue weighted by atomic mass is 10.1. The predicted molar refractivity (Wildman–Crippen MR) is 288 cm³/mol. The van der Waals surface area contributed by atoms with E-state index in [1.165, 1.54) is 77.0 Å². The Kier molecular flexibility index (Phi) is 51.5. The van der Waals surface area contributed by atoms with Crippen molar-refractivity contribution >= 4 is 17.9 Å². The van der Waals surface area contributed by atoms with E-state index in [4.69, 9.17) is 14.2 Å². The summed E-state index contributed by atoms with van der Waals surface area (Å²) in [5.74, 6) is -1.01. The molecule has 0 saturated heterocycles. The van der Waals surface area contributed by atoms with Gasteiger partial charge >= 0.3 is 17.9 Å². The highest BCUT2D eigenvalue weighted by Crippen LogP contribution is 2.12. The van der Waals surface area contributed by atoms with Crippen molar-refractivity contribution in [3.63, 3.8) is 0 Å². The van der Waals surface area contributed by atoms with Crippen molar-refractivity contribution in [1.82, 2.24) is 0 Å². The second kappa shape index (κ2) is 54.7. The molecular weight excluding hydrogens is 829 g/mol. The summed E-state index contributed by atoms with van der Waals surface area (Å²) < 4.78 is 16.8. The van der Waals surface area contributed by atoms with Gasteiger partial charge in [0, 0.05) is 19.3 Å². The van der Waals surface area contributed by atoms with Crippen LogP contribution in [0.3, 0.4) is 0 Å². The molecule has 0 aromatic heterocycles. The lowest BCUT2D eigenvalue weighted by molar-refractivity contribution is -0.167. The Morgan fingerprint density at radius 1 is 0.299 bits per heavy atom. The number of carbonyl (C=O) groups excluding carboxylic acids is 3. The molecule has 0 radical (unpaired) electrons. The molecule has 0 N–H and O–H groups in total. The molecular formula is C61H100O6. The van der Waals surface area contributed by atoms with E-state index in [2.05, 4.69) is 130 Å². The van der Waals surface area contributed by atoms with Crippen LogP contribution in [0.5, 0.6) is 0 Å². The molecule has 0 aliphatic rings. The van der Waals surface area contributed by atoms with Crippen LogP contribution in [-0.2, 0) is 28.6 Å². The van der Waals surface area contributed by atoms with Crippen molar-refractivity contribution in [1.29, 1.82) is 0 Å². The number of hydrogen-bond acceptors (Lipinski definition) is 6. The zero-order valence-corrected chi connectivity index (χ0v) is 43.4. The Morgan fingerprint density at radius 3 is 0.896 bits per heavy atom. The van der Waals surface area contributed by atoms with E-state index in [0.717, 1.165) is 116 Å². The predicted octanol–water partition coefficient (Wildman–Crippen LogP) is 18.3. The normalized spacial score (nSPS) is 12.9. The van der Waals surface area contributed by atoms with Gasteiger partial charge in [-0.3, -0.25) is 14.4 Å². The fourth-order valence-electron chi connectivity index (χ4n) is 7.06. The highest BCUT2D eigenvalue weighted by Gasteiger charge is 2.19. The number of carbonyl (C=O) groups is 3. The Balaban J connectivity index is 4.55. The van der Waals surface area contributed by atoms with Crippen molar-refractivity contribution < 1.29 is 28.6 Å². The van der Waals surface area contributed by atoms with Gasteiger partial charge in [0.1, 0.15) is 13.2 Å². The largest absolute Gasteiger partial charge is 0.462 e. The molecule has 6 heteroatoms. The molecule has 0 aliphatic carbocycles. The summed E-state index contributed by atoms with van der Waals surface area (Å²) in [6.07, 6.45) is 73.6. The summed E-state index contributed by atoms with van der Waals surface area (Å²) in [5.41, 5.74) is 0. The first-order chi connectivity index (χ1) is 33.0. The van der Waals surface area contributed by atoms with Gasteiger partial charge in [0.2, 0.25) is 0 Å². The van der Waals surface area contributed by atoms with Crippen molar-refractivity contribution in [2.75, 3.05) is 13.2 Å². The minimum Gasteiger partial charge on any atom is -0.462 e. The Labute approximate surface area is 412 Å². The van der Waals surface area contributed by atoms with Crippen LogP contribution in [0, 0.1) is 0 Å². The molecule has 0 aromatic rings. The first-order valence-electron chi connectivity index (χ1n) is 27.4. The van der Waals surface area contributed by atoms with Gasteiger partial charge < -0.3 is 14.2 Å². The third-order valence-corrected chi connectivity index (χ3v) is 11.2. The van der Waals surface area contributed by atoms with E-state index < -0.39 is 6.10 Å². The molecule has 380 valence electrons. The molecule has 0 rings (SSSR count).